The first-order valence-corrected chi connectivity index (χ1v) is 6.30. The molecule has 0 radical (unpaired) electrons. The van der Waals surface area contributed by atoms with E-state index in [1.54, 1.807) is 0 Å². The summed E-state index contributed by atoms with van der Waals surface area (Å²) >= 11 is 0. The summed E-state index contributed by atoms with van der Waals surface area (Å²) in [6.45, 7) is 10.4. The van der Waals surface area contributed by atoms with Crippen LogP contribution in [-0.2, 0) is 0 Å². The van der Waals surface area contributed by atoms with Crippen molar-refractivity contribution < 1.29 is 0 Å². The first kappa shape index (κ1) is 11.4. The average molecular weight is 211 g/mol. The van der Waals surface area contributed by atoms with E-state index in [1.807, 2.05) is 0 Å². The second-order valence-corrected chi connectivity index (χ2v) is 5.91. The van der Waals surface area contributed by atoms with Crippen molar-refractivity contribution in [2.24, 2.45) is 5.73 Å². The molecular weight excluding hydrogens is 186 g/mol. The van der Waals surface area contributed by atoms with Gasteiger partial charge in [0, 0.05) is 24.7 Å². The quantitative estimate of drug-likeness (QED) is 0.752. The van der Waals surface area contributed by atoms with Crippen LogP contribution in [0.2, 0.25) is 0 Å². The molecule has 2 saturated heterocycles. The zero-order chi connectivity index (χ0) is 10.9. The summed E-state index contributed by atoms with van der Waals surface area (Å²) in [4.78, 5) is 5.20. The highest BCUT2D eigenvalue weighted by Crippen LogP contribution is 2.21. The van der Waals surface area contributed by atoms with Crippen molar-refractivity contribution in [2.75, 3.05) is 32.7 Å². The van der Waals surface area contributed by atoms with Crippen LogP contribution >= 0.6 is 0 Å². The Balaban J connectivity index is 1.79. The average Bonchev–Trinajstić information content (AvgIpc) is 2.68. The lowest BCUT2D eigenvalue weighted by Crippen LogP contribution is -2.45. The molecule has 2 N–H and O–H groups in total. The smallest absolute Gasteiger partial charge is 0.0235 e. The summed E-state index contributed by atoms with van der Waals surface area (Å²) < 4.78 is 0. The number of hydrogen-bond acceptors (Lipinski definition) is 3. The molecule has 3 nitrogen and oxygen atoms in total. The van der Waals surface area contributed by atoms with E-state index in [1.165, 1.54) is 45.4 Å². The fourth-order valence-corrected chi connectivity index (χ4v) is 2.94. The molecule has 0 aromatic rings. The van der Waals surface area contributed by atoms with Crippen LogP contribution in [0.25, 0.3) is 0 Å². The van der Waals surface area contributed by atoms with Crippen molar-refractivity contribution in [2.45, 2.75) is 44.7 Å². The predicted molar refractivity (Wildman–Crippen MR) is 63.9 cm³/mol. The van der Waals surface area contributed by atoms with Gasteiger partial charge in [0.25, 0.3) is 0 Å². The number of nitrogens with zero attached hydrogens (tertiary/aromatic N) is 2. The van der Waals surface area contributed by atoms with E-state index in [2.05, 4.69) is 23.6 Å². The summed E-state index contributed by atoms with van der Waals surface area (Å²) in [5, 5.41) is 0. The maximum atomic E-state index is 6.06. The van der Waals surface area contributed by atoms with Crippen LogP contribution in [0.15, 0.2) is 0 Å². The predicted octanol–water partition coefficient (Wildman–Crippen LogP) is 0.894. The standard InChI is InChI=1S/C12H25N3/c1-12(2,13)10-14-8-5-11(9-14)15-6-3-4-7-15/h11H,3-10,13H2,1-2H3. The van der Waals surface area contributed by atoms with Crippen LogP contribution in [0.3, 0.4) is 0 Å². The molecule has 0 spiro atoms. The van der Waals surface area contributed by atoms with Gasteiger partial charge in [0.15, 0.2) is 0 Å². The molecule has 2 aliphatic heterocycles. The second-order valence-electron chi connectivity index (χ2n) is 5.91. The first-order valence-electron chi connectivity index (χ1n) is 6.30. The van der Waals surface area contributed by atoms with Crippen molar-refractivity contribution in [3.63, 3.8) is 0 Å². The van der Waals surface area contributed by atoms with Gasteiger partial charge >= 0.3 is 0 Å². The van der Waals surface area contributed by atoms with Crippen molar-refractivity contribution in [3.05, 3.63) is 0 Å². The molecule has 0 aromatic carbocycles. The molecule has 2 heterocycles. The summed E-state index contributed by atoms with van der Waals surface area (Å²) in [6.07, 6.45) is 4.15. The van der Waals surface area contributed by atoms with Crippen LogP contribution in [-0.4, -0.2) is 54.1 Å². The summed E-state index contributed by atoms with van der Waals surface area (Å²) in [5.74, 6) is 0. The van der Waals surface area contributed by atoms with Crippen LogP contribution in [0.4, 0.5) is 0 Å². The van der Waals surface area contributed by atoms with Gasteiger partial charge in [-0.1, -0.05) is 0 Å². The summed E-state index contributed by atoms with van der Waals surface area (Å²) in [7, 11) is 0. The molecule has 0 saturated carbocycles. The van der Waals surface area contributed by atoms with Crippen molar-refractivity contribution >= 4 is 0 Å². The SMILES string of the molecule is CC(C)(N)CN1CCC(N2CCCC2)C1. The van der Waals surface area contributed by atoms with Crippen molar-refractivity contribution in [1.82, 2.24) is 9.80 Å². The molecule has 2 rings (SSSR count). The Morgan fingerprint density at radius 2 is 1.87 bits per heavy atom. The third-order valence-electron chi connectivity index (χ3n) is 3.54. The van der Waals surface area contributed by atoms with Gasteiger partial charge < -0.3 is 5.73 Å². The lowest BCUT2D eigenvalue weighted by molar-refractivity contribution is 0.216. The highest BCUT2D eigenvalue weighted by Gasteiger charge is 2.30. The van der Waals surface area contributed by atoms with Gasteiger partial charge in [0.1, 0.15) is 0 Å². The lowest BCUT2D eigenvalue weighted by atomic mass is 10.1. The summed E-state index contributed by atoms with van der Waals surface area (Å²) in [6, 6.07) is 0.815. The molecule has 2 fully saturated rings. The largest absolute Gasteiger partial charge is 0.324 e. The van der Waals surface area contributed by atoms with Crippen molar-refractivity contribution in [1.29, 1.82) is 0 Å². The molecule has 0 aliphatic carbocycles. The number of nitrogens with two attached hydrogens (primary N) is 1. The van der Waals surface area contributed by atoms with E-state index in [9.17, 15) is 0 Å². The summed E-state index contributed by atoms with van der Waals surface area (Å²) in [5.41, 5.74) is 6.02. The van der Waals surface area contributed by atoms with Crippen LogP contribution in [0.1, 0.15) is 33.1 Å². The zero-order valence-electron chi connectivity index (χ0n) is 10.2. The van der Waals surface area contributed by atoms with Crippen LogP contribution < -0.4 is 5.73 Å². The first-order chi connectivity index (χ1) is 7.04. The van der Waals surface area contributed by atoms with Gasteiger partial charge in [0.05, 0.1) is 0 Å². The Bertz CT molecular complexity index is 203. The lowest BCUT2D eigenvalue weighted by Gasteiger charge is -2.28. The van der Waals surface area contributed by atoms with E-state index in [4.69, 9.17) is 5.73 Å². The molecular formula is C12H25N3. The van der Waals surface area contributed by atoms with Crippen LogP contribution in [0, 0.1) is 0 Å². The van der Waals surface area contributed by atoms with E-state index in [0.29, 0.717) is 0 Å². The fraction of sp³-hybridized carbons (Fsp3) is 1.00. The van der Waals surface area contributed by atoms with E-state index in [-0.39, 0.29) is 5.54 Å². The molecule has 88 valence electrons. The minimum absolute atomic E-state index is 0.0418. The molecule has 0 bridgehead atoms. The number of likely N-dealkylation sites (tertiary alicyclic amines) is 2. The highest BCUT2D eigenvalue weighted by atomic mass is 15.3. The van der Waals surface area contributed by atoms with Gasteiger partial charge in [-0.05, 0) is 52.7 Å². The van der Waals surface area contributed by atoms with Gasteiger partial charge in [0.2, 0.25) is 0 Å². The second kappa shape index (κ2) is 4.40. The molecule has 0 aromatic heterocycles. The maximum Gasteiger partial charge on any atom is 0.0235 e. The Labute approximate surface area is 93.6 Å². The minimum atomic E-state index is -0.0418. The Hall–Kier alpha value is -0.120. The topological polar surface area (TPSA) is 32.5 Å². The molecule has 15 heavy (non-hydrogen) atoms. The Morgan fingerprint density at radius 1 is 1.20 bits per heavy atom. The fourth-order valence-electron chi connectivity index (χ4n) is 2.94. The molecule has 1 unspecified atom stereocenters. The maximum absolute atomic E-state index is 6.06. The third-order valence-corrected chi connectivity index (χ3v) is 3.54. The van der Waals surface area contributed by atoms with E-state index < -0.39 is 0 Å². The molecule has 1 atom stereocenters. The van der Waals surface area contributed by atoms with Gasteiger partial charge in [-0.25, -0.2) is 0 Å². The Morgan fingerprint density at radius 3 is 2.47 bits per heavy atom. The number of rotatable bonds is 3. The van der Waals surface area contributed by atoms with Crippen LogP contribution in [0.5, 0.6) is 0 Å². The molecule has 0 amide bonds. The Kier molecular flexibility index (Phi) is 3.33. The highest BCUT2D eigenvalue weighted by molar-refractivity contribution is 4.88. The minimum Gasteiger partial charge on any atom is -0.324 e. The van der Waals surface area contributed by atoms with E-state index >= 15 is 0 Å². The normalized spacial score (nSPS) is 30.2. The third kappa shape index (κ3) is 3.16. The van der Waals surface area contributed by atoms with Gasteiger partial charge in [-0.3, -0.25) is 9.80 Å². The monoisotopic (exact) mass is 211 g/mol. The van der Waals surface area contributed by atoms with Gasteiger partial charge in [-0.15, -0.1) is 0 Å². The molecule has 2 aliphatic rings. The zero-order valence-corrected chi connectivity index (χ0v) is 10.2. The van der Waals surface area contributed by atoms with Gasteiger partial charge in [-0.2, -0.15) is 0 Å². The van der Waals surface area contributed by atoms with Crippen molar-refractivity contribution in [3.8, 4) is 0 Å². The molecule has 3 heteroatoms. The van der Waals surface area contributed by atoms with E-state index in [0.717, 1.165) is 12.6 Å². The number of hydrogen-bond donors (Lipinski definition) is 1.